The molecular formula is C12H17F3N4O2. The number of nitrogens with zero attached hydrogens (tertiary/aromatic N) is 1. The van der Waals surface area contributed by atoms with E-state index in [0.717, 1.165) is 0 Å². The zero-order valence-corrected chi connectivity index (χ0v) is 11.7. The Morgan fingerprint density at radius 3 is 2.76 bits per heavy atom. The van der Waals surface area contributed by atoms with E-state index in [0.29, 0.717) is 19.5 Å². The van der Waals surface area contributed by atoms with Crippen LogP contribution >= 0.6 is 0 Å². The second kappa shape index (κ2) is 6.02. The fourth-order valence-corrected chi connectivity index (χ4v) is 2.32. The van der Waals surface area contributed by atoms with Crippen LogP contribution in [0.15, 0.2) is 0 Å². The Morgan fingerprint density at radius 1 is 1.48 bits per heavy atom. The molecule has 1 aromatic heterocycles. The predicted molar refractivity (Wildman–Crippen MR) is 67.9 cm³/mol. The molecule has 0 radical (unpaired) electrons. The van der Waals surface area contributed by atoms with Crippen LogP contribution in [0.1, 0.15) is 28.4 Å². The third kappa shape index (κ3) is 3.53. The molecule has 1 amide bonds. The quantitative estimate of drug-likeness (QED) is 0.773. The first-order valence-corrected chi connectivity index (χ1v) is 6.51. The van der Waals surface area contributed by atoms with Crippen molar-refractivity contribution in [3.8, 4) is 0 Å². The lowest BCUT2D eigenvalue weighted by Gasteiger charge is -2.31. The lowest BCUT2D eigenvalue weighted by atomic mass is 10.0. The summed E-state index contributed by atoms with van der Waals surface area (Å²) in [5.41, 5.74) is -1.25. The minimum atomic E-state index is -4.58. The molecule has 0 bridgehead atoms. The fraction of sp³-hybridized carbons (Fsp3) is 0.667. The highest BCUT2D eigenvalue weighted by molar-refractivity contribution is 5.91. The lowest BCUT2D eigenvalue weighted by molar-refractivity contribution is -0.141. The number of H-pyrrole nitrogens is 1. The first-order chi connectivity index (χ1) is 9.82. The Bertz CT molecular complexity index is 515. The van der Waals surface area contributed by atoms with E-state index in [4.69, 9.17) is 4.74 Å². The maximum atomic E-state index is 12.7. The van der Waals surface area contributed by atoms with Crippen molar-refractivity contribution in [2.75, 3.05) is 20.2 Å². The molecule has 1 aliphatic heterocycles. The van der Waals surface area contributed by atoms with Crippen LogP contribution in [0.3, 0.4) is 0 Å². The molecule has 2 atom stereocenters. The van der Waals surface area contributed by atoms with Crippen molar-refractivity contribution in [1.82, 2.24) is 20.6 Å². The highest BCUT2D eigenvalue weighted by atomic mass is 19.4. The number of aromatic nitrogens is 2. The van der Waals surface area contributed by atoms with E-state index < -0.39 is 17.8 Å². The van der Waals surface area contributed by atoms with Crippen molar-refractivity contribution in [3.63, 3.8) is 0 Å². The molecular weight excluding hydrogens is 289 g/mol. The van der Waals surface area contributed by atoms with Gasteiger partial charge in [0.1, 0.15) is 0 Å². The second-order valence-electron chi connectivity index (χ2n) is 4.90. The number of methoxy groups -OCH3 is 1. The Morgan fingerprint density at radius 2 is 2.19 bits per heavy atom. The van der Waals surface area contributed by atoms with Crippen LogP contribution in [0, 0.1) is 6.92 Å². The number of aromatic amines is 1. The fourth-order valence-electron chi connectivity index (χ4n) is 2.32. The van der Waals surface area contributed by atoms with Crippen molar-refractivity contribution < 1.29 is 22.7 Å². The van der Waals surface area contributed by atoms with E-state index in [1.54, 1.807) is 0 Å². The highest BCUT2D eigenvalue weighted by Crippen LogP contribution is 2.29. The van der Waals surface area contributed by atoms with Gasteiger partial charge in [0.15, 0.2) is 11.5 Å². The van der Waals surface area contributed by atoms with Crippen molar-refractivity contribution in [2.45, 2.75) is 31.7 Å². The van der Waals surface area contributed by atoms with Gasteiger partial charge in [-0.05, 0) is 19.9 Å². The van der Waals surface area contributed by atoms with E-state index >= 15 is 0 Å². The number of hydrogen-bond donors (Lipinski definition) is 3. The van der Waals surface area contributed by atoms with Crippen LogP contribution in [0.25, 0.3) is 0 Å². The molecule has 2 heterocycles. The second-order valence-corrected chi connectivity index (χ2v) is 4.90. The number of aryl methyl sites for hydroxylation is 1. The van der Waals surface area contributed by atoms with Crippen LogP contribution in [0.2, 0.25) is 0 Å². The molecule has 9 heteroatoms. The number of rotatable bonds is 3. The van der Waals surface area contributed by atoms with Gasteiger partial charge in [-0.3, -0.25) is 4.79 Å². The van der Waals surface area contributed by atoms with Gasteiger partial charge in [-0.2, -0.15) is 13.2 Å². The summed E-state index contributed by atoms with van der Waals surface area (Å²) in [4.78, 5) is 17.7. The average Bonchev–Trinajstić information content (AvgIpc) is 2.81. The van der Waals surface area contributed by atoms with Gasteiger partial charge in [0.05, 0.1) is 12.1 Å². The number of ether oxygens (including phenoxy) is 1. The molecule has 0 saturated carbocycles. The van der Waals surface area contributed by atoms with Gasteiger partial charge >= 0.3 is 6.18 Å². The van der Waals surface area contributed by atoms with Gasteiger partial charge in [-0.25, -0.2) is 4.98 Å². The van der Waals surface area contributed by atoms with Crippen LogP contribution in [0.4, 0.5) is 13.2 Å². The van der Waals surface area contributed by atoms with Gasteiger partial charge in [-0.15, -0.1) is 0 Å². The van der Waals surface area contributed by atoms with Crippen LogP contribution in [-0.2, 0) is 10.9 Å². The summed E-state index contributed by atoms with van der Waals surface area (Å²) in [6.07, 6.45) is -4.17. The van der Waals surface area contributed by atoms with Gasteiger partial charge in [0, 0.05) is 19.3 Å². The molecule has 118 valence electrons. The number of carbonyl (C=O) groups excluding carboxylic acids is 1. The number of halogens is 3. The Kier molecular flexibility index (Phi) is 4.52. The Hall–Kier alpha value is -1.61. The van der Waals surface area contributed by atoms with Gasteiger partial charge in [-0.1, -0.05) is 0 Å². The summed E-state index contributed by atoms with van der Waals surface area (Å²) >= 11 is 0. The molecule has 1 aliphatic rings. The monoisotopic (exact) mass is 306 g/mol. The molecule has 1 fully saturated rings. The van der Waals surface area contributed by atoms with Crippen LogP contribution in [0.5, 0.6) is 0 Å². The largest absolute Gasteiger partial charge is 0.435 e. The standard InChI is InChI=1S/C12H17F3N4O2/c1-6-9(12(13,14)15)19-10(17-6)11(20)18-7-3-4-16-5-8(7)21-2/h7-8,16H,3-5H2,1-2H3,(H,17,19)(H,18,20). The molecule has 2 unspecified atom stereocenters. The number of hydrogen-bond acceptors (Lipinski definition) is 4. The van der Waals surface area contributed by atoms with E-state index in [9.17, 15) is 18.0 Å². The third-order valence-electron chi connectivity index (χ3n) is 3.41. The molecule has 1 aromatic rings. The molecule has 3 N–H and O–H groups in total. The van der Waals surface area contributed by atoms with Crippen molar-refractivity contribution in [3.05, 3.63) is 17.2 Å². The zero-order valence-electron chi connectivity index (χ0n) is 11.7. The summed E-state index contributed by atoms with van der Waals surface area (Å²) in [5.74, 6) is -1.00. The maximum Gasteiger partial charge on any atom is 0.435 e. The van der Waals surface area contributed by atoms with Crippen LogP contribution in [-0.4, -0.2) is 48.2 Å². The van der Waals surface area contributed by atoms with E-state index in [1.165, 1.54) is 14.0 Å². The van der Waals surface area contributed by atoms with Crippen LogP contribution < -0.4 is 10.6 Å². The summed E-state index contributed by atoms with van der Waals surface area (Å²) in [7, 11) is 1.52. The molecule has 21 heavy (non-hydrogen) atoms. The SMILES string of the molecule is COC1CNCCC1NC(=O)c1nc(C(F)(F)F)c(C)[nH]1. The summed E-state index contributed by atoms with van der Waals surface area (Å²) < 4.78 is 43.2. The highest BCUT2D eigenvalue weighted by Gasteiger charge is 2.37. The number of amides is 1. The first-order valence-electron chi connectivity index (χ1n) is 6.51. The Balaban J connectivity index is 2.10. The average molecular weight is 306 g/mol. The number of nitrogens with one attached hydrogen (secondary N) is 3. The van der Waals surface area contributed by atoms with Gasteiger partial charge in [0.2, 0.25) is 0 Å². The molecule has 0 spiro atoms. The molecule has 0 aliphatic carbocycles. The smallest absolute Gasteiger partial charge is 0.378 e. The Labute approximate surface area is 119 Å². The minimum Gasteiger partial charge on any atom is -0.378 e. The number of carbonyl (C=O) groups is 1. The summed E-state index contributed by atoms with van der Waals surface area (Å²) in [5, 5.41) is 5.78. The zero-order chi connectivity index (χ0) is 15.6. The minimum absolute atomic E-state index is 0.179. The van der Waals surface area contributed by atoms with Gasteiger partial charge < -0.3 is 20.4 Å². The van der Waals surface area contributed by atoms with Gasteiger partial charge in [0.25, 0.3) is 5.91 Å². The summed E-state index contributed by atoms with van der Waals surface area (Å²) in [6.45, 7) is 2.51. The predicted octanol–water partition coefficient (Wildman–Crippen LogP) is 0.844. The molecule has 0 aromatic carbocycles. The van der Waals surface area contributed by atoms with Crippen molar-refractivity contribution in [1.29, 1.82) is 0 Å². The topological polar surface area (TPSA) is 79.0 Å². The van der Waals surface area contributed by atoms with Crippen molar-refractivity contribution >= 4 is 5.91 Å². The maximum absolute atomic E-state index is 12.7. The summed E-state index contributed by atoms with van der Waals surface area (Å²) in [6, 6.07) is -0.261. The molecule has 1 saturated heterocycles. The normalized spacial score (nSPS) is 23.1. The third-order valence-corrected chi connectivity index (χ3v) is 3.41. The van der Waals surface area contributed by atoms with E-state index in [2.05, 4.69) is 20.6 Å². The molecule has 6 nitrogen and oxygen atoms in total. The number of imidazole rings is 1. The van der Waals surface area contributed by atoms with Crippen molar-refractivity contribution in [2.24, 2.45) is 0 Å². The number of piperidine rings is 1. The van der Waals surface area contributed by atoms with E-state index in [-0.39, 0.29) is 23.7 Å². The number of alkyl halides is 3. The lowest BCUT2D eigenvalue weighted by Crippen LogP contribution is -2.53. The van der Waals surface area contributed by atoms with E-state index in [1.807, 2.05) is 0 Å². The molecule has 2 rings (SSSR count). The first kappa shape index (κ1) is 15.8.